The number of carbonyl (C=O) groups is 1. The molecule has 0 fully saturated rings. The summed E-state index contributed by atoms with van der Waals surface area (Å²) < 4.78 is 0. The molecule has 1 aliphatic heterocycles. The molecule has 0 bridgehead atoms. The minimum absolute atomic E-state index is 0.0662. The summed E-state index contributed by atoms with van der Waals surface area (Å²) in [6, 6.07) is 15.1. The molecule has 2 aromatic carbocycles. The topological polar surface area (TPSA) is 70.4 Å². The van der Waals surface area contributed by atoms with Crippen molar-refractivity contribution in [3.8, 4) is 0 Å². The second-order valence-electron chi connectivity index (χ2n) is 4.87. The highest BCUT2D eigenvalue weighted by Gasteiger charge is 2.14. The van der Waals surface area contributed by atoms with Gasteiger partial charge in [-0.25, -0.2) is 0 Å². The van der Waals surface area contributed by atoms with Crippen molar-refractivity contribution in [3.05, 3.63) is 65.9 Å². The van der Waals surface area contributed by atoms with E-state index in [0.29, 0.717) is 5.56 Å². The number of anilines is 2. The molecule has 5 heteroatoms. The van der Waals surface area contributed by atoms with Crippen LogP contribution in [0.1, 0.15) is 22.8 Å². The van der Waals surface area contributed by atoms with Crippen LogP contribution in [0.15, 0.2) is 54.7 Å². The van der Waals surface area contributed by atoms with Gasteiger partial charge >= 0.3 is 0 Å². The summed E-state index contributed by atoms with van der Waals surface area (Å²) in [5, 5.41) is 1.87. The van der Waals surface area contributed by atoms with Crippen LogP contribution in [0.2, 0.25) is 0 Å². The second-order valence-corrected chi connectivity index (χ2v) is 4.87. The van der Waals surface area contributed by atoms with E-state index >= 15 is 0 Å². The molecule has 21 heavy (non-hydrogen) atoms. The summed E-state index contributed by atoms with van der Waals surface area (Å²) in [5.74, 6) is 0.0662. The van der Waals surface area contributed by atoms with Crippen molar-refractivity contribution in [2.45, 2.75) is 6.92 Å². The van der Waals surface area contributed by atoms with Crippen molar-refractivity contribution in [3.63, 3.8) is 0 Å². The first-order valence-electron chi connectivity index (χ1n) is 6.63. The molecular weight excluding hydrogens is 264 g/mol. The van der Waals surface area contributed by atoms with Crippen LogP contribution in [0.3, 0.4) is 0 Å². The Morgan fingerprint density at radius 1 is 1.05 bits per heavy atom. The fraction of sp³-hybridized carbons (Fsp3) is 0.0625. The maximum Gasteiger partial charge on any atom is 0.159 e. The summed E-state index contributed by atoms with van der Waals surface area (Å²) >= 11 is 0. The summed E-state index contributed by atoms with van der Waals surface area (Å²) in [6.45, 7) is 1.56. The number of hydrogen-bond donors (Lipinski definition) is 3. The zero-order chi connectivity index (χ0) is 14.8. The van der Waals surface area contributed by atoms with Gasteiger partial charge in [0.2, 0.25) is 0 Å². The number of nitrogens with two attached hydrogens (primary N) is 1. The van der Waals surface area contributed by atoms with E-state index in [0.717, 1.165) is 22.6 Å². The zero-order valence-electron chi connectivity index (χ0n) is 11.6. The number of rotatable bonds is 3. The first-order chi connectivity index (χ1) is 10.1. The number of nitrogens with zero attached hydrogens (tertiary/aromatic N) is 1. The summed E-state index contributed by atoms with van der Waals surface area (Å²) in [5.41, 5.74) is 16.2. The molecular formula is C16H16N4O. The number of hydrogen-bond acceptors (Lipinski definition) is 5. The average molecular weight is 280 g/mol. The van der Waals surface area contributed by atoms with Gasteiger partial charge in [0.1, 0.15) is 0 Å². The van der Waals surface area contributed by atoms with E-state index in [1.807, 2.05) is 59.7 Å². The van der Waals surface area contributed by atoms with E-state index in [1.54, 1.807) is 6.92 Å². The van der Waals surface area contributed by atoms with E-state index in [9.17, 15) is 4.79 Å². The fourth-order valence-electron chi connectivity index (χ4n) is 2.12. The monoisotopic (exact) mass is 280 g/mol. The summed E-state index contributed by atoms with van der Waals surface area (Å²) in [7, 11) is 0. The van der Waals surface area contributed by atoms with Crippen molar-refractivity contribution in [1.29, 1.82) is 0 Å². The number of ketones is 1. The number of Topliss-reactive ketones (excluding diaryl/α,β-unsaturated/α-hetero) is 1. The van der Waals surface area contributed by atoms with E-state index in [2.05, 4.69) is 11.0 Å². The molecule has 3 rings (SSSR count). The molecule has 0 spiro atoms. The first kappa shape index (κ1) is 13.2. The van der Waals surface area contributed by atoms with Gasteiger partial charge in [-0.1, -0.05) is 24.3 Å². The molecule has 0 radical (unpaired) electrons. The van der Waals surface area contributed by atoms with E-state index < -0.39 is 0 Å². The van der Waals surface area contributed by atoms with Gasteiger partial charge in [0.15, 0.2) is 5.78 Å². The smallest absolute Gasteiger partial charge is 0.159 e. The number of benzene rings is 2. The molecule has 4 N–H and O–H groups in total. The molecule has 1 heterocycles. The third kappa shape index (κ3) is 2.73. The van der Waals surface area contributed by atoms with Crippen molar-refractivity contribution in [2.24, 2.45) is 0 Å². The van der Waals surface area contributed by atoms with Gasteiger partial charge in [0.25, 0.3) is 0 Å². The largest absolute Gasteiger partial charge is 0.399 e. The lowest BCUT2D eigenvalue weighted by Gasteiger charge is -2.14. The maximum atomic E-state index is 11.3. The Balaban J connectivity index is 1.82. The Hall–Kier alpha value is -2.79. The van der Waals surface area contributed by atoms with E-state index in [4.69, 9.17) is 5.73 Å². The van der Waals surface area contributed by atoms with Crippen molar-refractivity contribution < 1.29 is 4.79 Å². The summed E-state index contributed by atoms with van der Waals surface area (Å²) in [4.78, 5) is 11.3. The highest BCUT2D eigenvalue weighted by molar-refractivity contribution is 5.94. The van der Waals surface area contributed by atoms with Gasteiger partial charge in [-0.15, -0.1) is 5.53 Å². The Labute approximate surface area is 123 Å². The molecule has 0 atom stereocenters. The standard InChI is InChI=1S/C16H16N4O/c1-11(21)12-2-4-13(5-3-12)16-10-20(19-18-16)15-8-6-14(17)7-9-15/h2-10,18-19H,17H2,1H3. The quantitative estimate of drug-likeness (QED) is 0.594. The van der Waals surface area contributed by atoms with Gasteiger partial charge in [-0.3, -0.25) is 9.80 Å². The zero-order valence-corrected chi connectivity index (χ0v) is 11.6. The van der Waals surface area contributed by atoms with Crippen LogP contribution >= 0.6 is 0 Å². The number of carbonyl (C=O) groups excluding carboxylic acids is 1. The number of hydrazine groups is 2. The molecule has 106 valence electrons. The van der Waals surface area contributed by atoms with Crippen molar-refractivity contribution in [2.75, 3.05) is 10.7 Å². The van der Waals surface area contributed by atoms with Crippen LogP contribution < -0.4 is 21.7 Å². The Bertz CT molecular complexity index is 689. The predicted octanol–water partition coefficient (Wildman–Crippen LogP) is 2.30. The lowest BCUT2D eigenvalue weighted by Crippen LogP contribution is -2.36. The third-order valence-corrected chi connectivity index (χ3v) is 3.34. The number of nitrogens with one attached hydrogen (secondary N) is 2. The maximum absolute atomic E-state index is 11.3. The lowest BCUT2D eigenvalue weighted by molar-refractivity contribution is 0.101. The first-order valence-corrected chi connectivity index (χ1v) is 6.63. The highest BCUT2D eigenvalue weighted by Crippen LogP contribution is 2.21. The minimum Gasteiger partial charge on any atom is -0.399 e. The molecule has 5 nitrogen and oxygen atoms in total. The summed E-state index contributed by atoms with van der Waals surface area (Å²) in [6.07, 6.45) is 1.95. The normalized spacial score (nSPS) is 13.8. The third-order valence-electron chi connectivity index (χ3n) is 3.34. The van der Waals surface area contributed by atoms with Crippen molar-refractivity contribution >= 4 is 22.9 Å². The van der Waals surface area contributed by atoms with Crippen LogP contribution in [0.4, 0.5) is 11.4 Å². The Morgan fingerprint density at radius 2 is 1.71 bits per heavy atom. The van der Waals surface area contributed by atoms with Crippen LogP contribution in [0, 0.1) is 0 Å². The van der Waals surface area contributed by atoms with Gasteiger partial charge in [-0.05, 0) is 31.2 Å². The predicted molar refractivity (Wildman–Crippen MR) is 84.0 cm³/mol. The minimum atomic E-state index is 0.0662. The molecule has 0 amide bonds. The Kier molecular flexibility index (Phi) is 3.33. The van der Waals surface area contributed by atoms with E-state index in [-0.39, 0.29) is 5.78 Å². The molecule has 0 saturated heterocycles. The molecule has 1 aliphatic rings. The molecule has 0 unspecified atom stereocenters. The average Bonchev–Trinajstić information content (AvgIpc) is 2.98. The molecule has 0 aliphatic carbocycles. The van der Waals surface area contributed by atoms with E-state index in [1.165, 1.54) is 0 Å². The second kappa shape index (κ2) is 5.30. The molecule has 0 aromatic heterocycles. The van der Waals surface area contributed by atoms with Gasteiger partial charge in [0.05, 0.1) is 11.4 Å². The SMILES string of the molecule is CC(=O)c1ccc(C2=CN(c3ccc(N)cc3)NN2)cc1. The lowest BCUT2D eigenvalue weighted by atomic mass is 10.1. The number of nitrogen functional groups attached to an aromatic ring is 1. The molecule has 0 saturated carbocycles. The van der Waals surface area contributed by atoms with Crippen LogP contribution in [-0.2, 0) is 0 Å². The van der Waals surface area contributed by atoms with Crippen LogP contribution in [0.25, 0.3) is 5.70 Å². The van der Waals surface area contributed by atoms with Crippen molar-refractivity contribution in [1.82, 2.24) is 11.0 Å². The van der Waals surface area contributed by atoms with Gasteiger partial charge in [-0.2, -0.15) is 0 Å². The highest BCUT2D eigenvalue weighted by atomic mass is 16.1. The van der Waals surface area contributed by atoms with Gasteiger partial charge < -0.3 is 11.2 Å². The van der Waals surface area contributed by atoms with Gasteiger partial charge in [0, 0.05) is 23.0 Å². The fourth-order valence-corrected chi connectivity index (χ4v) is 2.12. The molecule has 2 aromatic rings. The van der Waals surface area contributed by atoms with Crippen LogP contribution in [-0.4, -0.2) is 5.78 Å². The van der Waals surface area contributed by atoms with Crippen LogP contribution in [0.5, 0.6) is 0 Å². The Morgan fingerprint density at radius 3 is 2.33 bits per heavy atom.